The Hall–Kier alpha value is -3.58. The number of benzene rings is 1. The number of carbonyl (C=O) groups is 1. The second-order valence-electron chi connectivity index (χ2n) is 8.87. The number of nitrogens with one attached hydrogen (secondary N) is 1. The first-order chi connectivity index (χ1) is 17.2. The Bertz CT molecular complexity index is 1330. The van der Waals surface area contributed by atoms with Gasteiger partial charge < -0.3 is 25.0 Å². The quantitative estimate of drug-likeness (QED) is 0.460. The van der Waals surface area contributed by atoms with Crippen LogP contribution in [0.15, 0.2) is 40.1 Å². The van der Waals surface area contributed by atoms with Gasteiger partial charge in [0.1, 0.15) is 11.5 Å². The first-order valence-electron chi connectivity index (χ1n) is 11.1. The lowest BCUT2D eigenvalue weighted by Gasteiger charge is -2.34. The Morgan fingerprint density at radius 1 is 1.36 bits per heavy atom. The predicted molar refractivity (Wildman–Crippen MR) is 129 cm³/mol. The Labute approximate surface area is 210 Å². The molecule has 3 heterocycles. The summed E-state index contributed by atoms with van der Waals surface area (Å²) >= 11 is 1.48. The summed E-state index contributed by atoms with van der Waals surface area (Å²) in [5, 5.41) is 6.81. The van der Waals surface area contributed by atoms with E-state index in [1.807, 2.05) is 6.92 Å². The number of nitrogens with zero attached hydrogens (tertiary/aromatic N) is 5. The van der Waals surface area contributed by atoms with Crippen molar-refractivity contribution in [1.29, 1.82) is 0 Å². The Morgan fingerprint density at radius 3 is 2.89 bits per heavy atom. The largest absolute Gasteiger partial charge is 0.466 e. The number of halogens is 1. The third-order valence-corrected chi connectivity index (χ3v) is 7.56. The molecule has 1 aliphatic heterocycles. The summed E-state index contributed by atoms with van der Waals surface area (Å²) in [7, 11) is 1.64. The van der Waals surface area contributed by atoms with Crippen molar-refractivity contribution in [2.75, 3.05) is 19.0 Å². The number of carbonyl (C=O) groups excluding carboxylic acids is 1. The maximum absolute atomic E-state index is 15.0. The second-order valence-corrected chi connectivity index (χ2v) is 10.3. The molecule has 2 aromatic heterocycles. The molecule has 3 atom stereocenters. The van der Waals surface area contributed by atoms with Crippen molar-refractivity contribution in [3.8, 4) is 5.88 Å². The number of amidine groups is 1. The average molecular weight is 514 g/mol. The lowest BCUT2D eigenvalue weighted by molar-refractivity contribution is 0.102. The molecule has 0 bridgehead atoms. The van der Waals surface area contributed by atoms with Crippen LogP contribution in [-0.2, 0) is 16.9 Å². The number of hydrogen-bond donors (Lipinski definition) is 2. The molecule has 2 aliphatic rings. The van der Waals surface area contributed by atoms with Gasteiger partial charge in [-0.05, 0) is 38.5 Å². The Kier molecular flexibility index (Phi) is 6.12. The van der Waals surface area contributed by atoms with Gasteiger partial charge in [-0.3, -0.25) is 9.79 Å². The third-order valence-electron chi connectivity index (χ3n) is 6.29. The summed E-state index contributed by atoms with van der Waals surface area (Å²) in [5.74, 6) is 0.103. The zero-order valence-corrected chi connectivity index (χ0v) is 20.6. The smallest absolute Gasteiger partial charge is 0.275 e. The number of amides is 1. The summed E-state index contributed by atoms with van der Waals surface area (Å²) < 4.78 is 30.6. The average Bonchev–Trinajstić information content (AvgIpc) is 3.42. The lowest BCUT2D eigenvalue weighted by Crippen LogP contribution is -2.37. The first kappa shape index (κ1) is 24.1. The molecule has 0 spiro atoms. The van der Waals surface area contributed by atoms with Crippen molar-refractivity contribution < 1.29 is 23.2 Å². The maximum Gasteiger partial charge on any atom is 0.275 e. The van der Waals surface area contributed by atoms with Gasteiger partial charge in [0.15, 0.2) is 17.6 Å². The maximum atomic E-state index is 15.0. The molecule has 36 heavy (non-hydrogen) atoms. The number of thioether (sulfide) groups is 1. The molecular formula is C23H24FN7O4S. The molecule has 0 saturated heterocycles. The van der Waals surface area contributed by atoms with E-state index in [0.29, 0.717) is 34.7 Å². The van der Waals surface area contributed by atoms with E-state index in [2.05, 4.69) is 30.4 Å². The zero-order chi connectivity index (χ0) is 25.5. The van der Waals surface area contributed by atoms with E-state index in [0.717, 1.165) is 6.42 Å². The fourth-order valence-corrected chi connectivity index (χ4v) is 6.01. The molecule has 1 amide bonds. The molecule has 5 rings (SSSR count). The SMILES string of the molecule is COC[C@]12C[C@H]1[C@@](C)(c1cc(NC(=O)c3cnc(OCc4nc(C)no4)cn3)ccc1F)N=C(N)S2. The monoisotopic (exact) mass is 513 g/mol. The summed E-state index contributed by atoms with van der Waals surface area (Å²) in [5.41, 5.74) is 6.06. The predicted octanol–water partition coefficient (Wildman–Crippen LogP) is 2.82. The van der Waals surface area contributed by atoms with Gasteiger partial charge >= 0.3 is 0 Å². The van der Waals surface area contributed by atoms with Crippen LogP contribution in [0.4, 0.5) is 10.1 Å². The molecular weight excluding hydrogens is 489 g/mol. The molecule has 11 nitrogen and oxygen atoms in total. The highest BCUT2D eigenvalue weighted by atomic mass is 32.2. The minimum absolute atomic E-state index is 0.0242. The van der Waals surface area contributed by atoms with Gasteiger partial charge in [-0.25, -0.2) is 14.4 Å². The normalized spacial score (nSPS) is 24.6. The van der Waals surface area contributed by atoms with Gasteiger partial charge in [-0.1, -0.05) is 16.9 Å². The molecule has 1 aliphatic carbocycles. The van der Waals surface area contributed by atoms with Gasteiger partial charge in [0.05, 0.1) is 29.3 Å². The number of nitrogens with two attached hydrogens (primary N) is 1. The van der Waals surface area contributed by atoms with Crippen LogP contribution in [0.2, 0.25) is 0 Å². The molecule has 13 heteroatoms. The van der Waals surface area contributed by atoms with Gasteiger partial charge in [-0.2, -0.15) is 4.98 Å². The number of hydrogen-bond acceptors (Lipinski definition) is 11. The fourth-order valence-electron chi connectivity index (χ4n) is 4.56. The first-order valence-corrected chi connectivity index (χ1v) is 11.9. The number of aliphatic imine (C=N–C) groups is 1. The van der Waals surface area contributed by atoms with Crippen LogP contribution in [0, 0.1) is 18.7 Å². The van der Waals surface area contributed by atoms with Crippen molar-refractivity contribution in [3.63, 3.8) is 0 Å². The number of rotatable bonds is 8. The number of anilines is 1. The highest BCUT2D eigenvalue weighted by Crippen LogP contribution is 2.66. The van der Waals surface area contributed by atoms with Crippen LogP contribution in [0.1, 0.15) is 41.1 Å². The molecule has 3 N–H and O–H groups in total. The highest BCUT2D eigenvalue weighted by Gasteiger charge is 2.66. The summed E-state index contributed by atoms with van der Waals surface area (Å²) in [6.45, 7) is 4.09. The van der Waals surface area contributed by atoms with E-state index in [1.54, 1.807) is 20.1 Å². The van der Waals surface area contributed by atoms with Crippen LogP contribution in [-0.4, -0.2) is 49.6 Å². The number of fused-ring (bicyclic) bond motifs is 1. The Balaban J connectivity index is 1.30. The number of ether oxygens (including phenoxy) is 2. The van der Waals surface area contributed by atoms with Crippen LogP contribution in [0.3, 0.4) is 0 Å². The van der Waals surface area contributed by atoms with E-state index < -0.39 is 17.3 Å². The number of methoxy groups -OCH3 is 1. The standard InChI is InChI=1S/C23H24FN7O4S/c1-12-28-19(35-31-12)10-34-18-9-26-16(8-27-18)20(32)29-13-4-5-15(24)14(6-13)22(2)17-7-23(17,11-33-3)36-21(25)30-22/h4-6,8-9,17H,7,10-11H2,1-3H3,(H2,25,30)(H,29,32)/t17-,22+,23+/m0/s1. The van der Waals surface area contributed by atoms with Gasteiger partial charge in [0.2, 0.25) is 5.88 Å². The molecule has 0 radical (unpaired) electrons. The van der Waals surface area contributed by atoms with E-state index in [9.17, 15) is 4.79 Å². The third kappa shape index (κ3) is 4.51. The summed E-state index contributed by atoms with van der Waals surface area (Å²) in [4.78, 5) is 29.6. The molecule has 0 unspecified atom stereocenters. The van der Waals surface area contributed by atoms with Crippen LogP contribution < -0.4 is 15.8 Å². The second kappa shape index (κ2) is 9.13. The van der Waals surface area contributed by atoms with Crippen molar-refractivity contribution in [2.45, 2.75) is 37.2 Å². The van der Waals surface area contributed by atoms with Crippen LogP contribution in [0.25, 0.3) is 0 Å². The van der Waals surface area contributed by atoms with Gasteiger partial charge in [0.25, 0.3) is 11.8 Å². The van der Waals surface area contributed by atoms with Crippen molar-refractivity contribution >= 4 is 28.5 Å². The molecule has 1 fully saturated rings. The number of aryl methyl sites for hydroxylation is 1. The topological polar surface area (TPSA) is 151 Å². The fraction of sp³-hybridized carbons (Fsp3) is 0.391. The molecule has 188 valence electrons. The minimum Gasteiger partial charge on any atom is -0.466 e. The van der Waals surface area contributed by atoms with Gasteiger partial charge in [0, 0.05) is 24.3 Å². The van der Waals surface area contributed by atoms with E-state index in [1.165, 1.54) is 36.3 Å². The molecule has 3 aromatic rings. The summed E-state index contributed by atoms with van der Waals surface area (Å²) in [6, 6.07) is 4.39. The van der Waals surface area contributed by atoms with Gasteiger partial charge in [-0.15, -0.1) is 0 Å². The highest BCUT2D eigenvalue weighted by molar-refractivity contribution is 8.15. The zero-order valence-electron chi connectivity index (χ0n) is 19.8. The van der Waals surface area contributed by atoms with Crippen molar-refractivity contribution in [1.82, 2.24) is 20.1 Å². The lowest BCUT2D eigenvalue weighted by atomic mass is 9.85. The summed E-state index contributed by atoms with van der Waals surface area (Å²) in [6.07, 6.45) is 3.40. The van der Waals surface area contributed by atoms with Crippen LogP contribution >= 0.6 is 11.8 Å². The van der Waals surface area contributed by atoms with Crippen molar-refractivity contribution in [2.24, 2.45) is 16.6 Å². The number of aromatic nitrogens is 4. The molecule has 1 aromatic carbocycles. The van der Waals surface area contributed by atoms with Crippen molar-refractivity contribution in [3.05, 3.63) is 59.4 Å². The Morgan fingerprint density at radius 2 is 2.19 bits per heavy atom. The van der Waals surface area contributed by atoms with E-state index in [4.69, 9.17) is 19.7 Å². The van der Waals surface area contributed by atoms with Crippen LogP contribution in [0.5, 0.6) is 5.88 Å². The van der Waals surface area contributed by atoms with E-state index >= 15 is 4.39 Å². The molecule has 1 saturated carbocycles. The minimum atomic E-state index is -0.881. The van der Waals surface area contributed by atoms with E-state index in [-0.39, 0.29) is 28.8 Å².